The first-order valence-electron chi connectivity index (χ1n) is 6.30. The molecule has 3 nitrogen and oxygen atoms in total. The summed E-state index contributed by atoms with van der Waals surface area (Å²) < 4.78 is 0.564. The molecule has 0 aliphatic carbocycles. The third-order valence-corrected chi connectivity index (χ3v) is 4.41. The molecule has 21 heavy (non-hydrogen) atoms. The van der Waals surface area contributed by atoms with Gasteiger partial charge in [-0.3, -0.25) is 9.59 Å². The summed E-state index contributed by atoms with van der Waals surface area (Å²) >= 11 is 13.0. The maximum Gasteiger partial charge on any atom is 0.224 e. The Bertz CT molecular complexity index is 682. The van der Waals surface area contributed by atoms with E-state index in [4.69, 9.17) is 23.2 Å². The maximum atomic E-state index is 11.9. The number of hydrogen-bond donors (Lipinski definition) is 1. The SMILES string of the molecule is Cc1ccc(NC(=O)CCC(=O)c2ccc(Cl)s2)c(Cl)c1. The Morgan fingerprint density at radius 3 is 2.52 bits per heavy atom. The van der Waals surface area contributed by atoms with Gasteiger partial charge in [-0.1, -0.05) is 29.3 Å². The van der Waals surface area contributed by atoms with Crippen molar-refractivity contribution in [2.45, 2.75) is 19.8 Å². The van der Waals surface area contributed by atoms with Crippen LogP contribution in [0.3, 0.4) is 0 Å². The lowest BCUT2D eigenvalue weighted by molar-refractivity contribution is -0.116. The van der Waals surface area contributed by atoms with Crippen molar-refractivity contribution in [3.8, 4) is 0 Å². The number of carbonyl (C=O) groups is 2. The maximum absolute atomic E-state index is 11.9. The molecule has 0 aliphatic heterocycles. The molecule has 0 fully saturated rings. The standard InChI is InChI=1S/C15H13Cl2NO2S/c1-9-2-3-11(10(16)8-9)18-15(20)7-4-12(19)13-5-6-14(17)21-13/h2-3,5-6,8H,4,7H2,1H3,(H,18,20). The van der Waals surface area contributed by atoms with Gasteiger partial charge in [0.05, 0.1) is 19.9 Å². The summed E-state index contributed by atoms with van der Waals surface area (Å²) in [7, 11) is 0. The summed E-state index contributed by atoms with van der Waals surface area (Å²) in [5.41, 5.74) is 1.57. The number of Topliss-reactive ketones (excluding diaryl/α,β-unsaturated/α-hetero) is 1. The summed E-state index contributed by atoms with van der Waals surface area (Å²) in [6.45, 7) is 1.92. The molecule has 0 unspecified atom stereocenters. The highest BCUT2D eigenvalue weighted by molar-refractivity contribution is 7.18. The lowest BCUT2D eigenvalue weighted by Gasteiger charge is -2.07. The molecule has 1 N–H and O–H groups in total. The van der Waals surface area contributed by atoms with Crippen LogP contribution in [0.25, 0.3) is 0 Å². The van der Waals surface area contributed by atoms with E-state index in [1.807, 2.05) is 13.0 Å². The molecule has 2 rings (SSSR count). The van der Waals surface area contributed by atoms with Crippen LogP contribution in [-0.2, 0) is 4.79 Å². The van der Waals surface area contributed by atoms with Gasteiger partial charge < -0.3 is 5.32 Å². The summed E-state index contributed by atoms with van der Waals surface area (Å²) in [4.78, 5) is 24.3. The number of anilines is 1. The molecular weight excluding hydrogens is 329 g/mol. The van der Waals surface area contributed by atoms with Crippen LogP contribution in [0.4, 0.5) is 5.69 Å². The fraction of sp³-hybridized carbons (Fsp3) is 0.200. The number of amides is 1. The molecule has 0 atom stereocenters. The second-order valence-electron chi connectivity index (χ2n) is 4.56. The average Bonchev–Trinajstić information content (AvgIpc) is 2.86. The molecule has 6 heteroatoms. The number of benzene rings is 1. The number of hydrogen-bond acceptors (Lipinski definition) is 3. The normalized spacial score (nSPS) is 10.4. The van der Waals surface area contributed by atoms with E-state index < -0.39 is 0 Å². The molecule has 0 bridgehead atoms. The summed E-state index contributed by atoms with van der Waals surface area (Å²) in [6.07, 6.45) is 0.255. The van der Waals surface area contributed by atoms with Crippen molar-refractivity contribution in [3.63, 3.8) is 0 Å². The van der Waals surface area contributed by atoms with Gasteiger partial charge in [0.15, 0.2) is 5.78 Å². The zero-order chi connectivity index (χ0) is 15.4. The second-order valence-corrected chi connectivity index (χ2v) is 6.68. The van der Waals surface area contributed by atoms with Crippen LogP contribution < -0.4 is 5.32 Å². The van der Waals surface area contributed by atoms with Crippen LogP contribution in [0.2, 0.25) is 9.36 Å². The van der Waals surface area contributed by atoms with Gasteiger partial charge in [0.1, 0.15) is 0 Å². The number of carbonyl (C=O) groups excluding carboxylic acids is 2. The topological polar surface area (TPSA) is 46.2 Å². The Labute approximate surface area is 136 Å². The molecule has 1 aromatic heterocycles. The Morgan fingerprint density at radius 2 is 1.90 bits per heavy atom. The monoisotopic (exact) mass is 341 g/mol. The number of thiophene rings is 1. The first-order chi connectivity index (χ1) is 9.95. The zero-order valence-corrected chi connectivity index (χ0v) is 13.6. The largest absolute Gasteiger partial charge is 0.325 e. The number of nitrogens with one attached hydrogen (secondary N) is 1. The molecule has 0 saturated heterocycles. The molecule has 0 saturated carbocycles. The molecule has 1 aromatic carbocycles. The third-order valence-electron chi connectivity index (χ3n) is 2.83. The first kappa shape index (κ1) is 16.0. The number of aryl methyl sites for hydroxylation is 1. The smallest absolute Gasteiger partial charge is 0.224 e. The van der Waals surface area contributed by atoms with E-state index in [0.29, 0.717) is 19.9 Å². The minimum atomic E-state index is -0.239. The minimum absolute atomic E-state index is 0.0861. The van der Waals surface area contributed by atoms with Crippen LogP contribution in [0.1, 0.15) is 28.1 Å². The van der Waals surface area contributed by atoms with E-state index >= 15 is 0 Å². The van der Waals surface area contributed by atoms with E-state index in [9.17, 15) is 9.59 Å². The van der Waals surface area contributed by atoms with Crippen molar-refractivity contribution >= 4 is 51.9 Å². The second kappa shape index (κ2) is 7.07. The zero-order valence-electron chi connectivity index (χ0n) is 11.3. The average molecular weight is 342 g/mol. The van der Waals surface area contributed by atoms with E-state index in [1.54, 1.807) is 24.3 Å². The first-order valence-corrected chi connectivity index (χ1v) is 7.87. The number of halogens is 2. The van der Waals surface area contributed by atoms with Crippen LogP contribution in [0.15, 0.2) is 30.3 Å². The molecule has 1 heterocycles. The van der Waals surface area contributed by atoms with Crippen molar-refractivity contribution in [2.75, 3.05) is 5.32 Å². The van der Waals surface area contributed by atoms with Crippen molar-refractivity contribution in [1.29, 1.82) is 0 Å². The fourth-order valence-corrected chi connectivity index (χ4v) is 3.04. The summed E-state index contributed by atoms with van der Waals surface area (Å²) in [5, 5.41) is 3.19. The summed E-state index contributed by atoms with van der Waals surface area (Å²) in [6, 6.07) is 8.72. The highest BCUT2D eigenvalue weighted by Crippen LogP contribution is 2.24. The van der Waals surface area contributed by atoms with Crippen molar-refractivity contribution in [1.82, 2.24) is 0 Å². The van der Waals surface area contributed by atoms with Crippen LogP contribution >= 0.6 is 34.5 Å². The molecule has 0 aliphatic rings. The van der Waals surface area contributed by atoms with Crippen molar-refractivity contribution < 1.29 is 9.59 Å². The lowest BCUT2D eigenvalue weighted by Crippen LogP contribution is -2.13. The van der Waals surface area contributed by atoms with Crippen LogP contribution in [0, 0.1) is 6.92 Å². The Morgan fingerprint density at radius 1 is 1.14 bits per heavy atom. The van der Waals surface area contributed by atoms with Crippen LogP contribution in [-0.4, -0.2) is 11.7 Å². The predicted octanol–water partition coefficient (Wildman–Crippen LogP) is 4.96. The van der Waals surface area contributed by atoms with Gasteiger partial charge >= 0.3 is 0 Å². The molecule has 0 radical (unpaired) electrons. The number of rotatable bonds is 5. The molecule has 0 spiro atoms. The predicted molar refractivity (Wildman–Crippen MR) is 87.7 cm³/mol. The van der Waals surface area contributed by atoms with Gasteiger partial charge in [0.25, 0.3) is 0 Å². The highest BCUT2D eigenvalue weighted by Gasteiger charge is 2.12. The van der Waals surface area contributed by atoms with E-state index in [-0.39, 0.29) is 24.5 Å². The van der Waals surface area contributed by atoms with Gasteiger partial charge in [-0.2, -0.15) is 0 Å². The Balaban J connectivity index is 1.89. The molecule has 1 amide bonds. The van der Waals surface area contributed by atoms with Gasteiger partial charge in [-0.15, -0.1) is 11.3 Å². The van der Waals surface area contributed by atoms with Crippen molar-refractivity contribution in [3.05, 3.63) is 50.1 Å². The number of ketones is 1. The van der Waals surface area contributed by atoms with Gasteiger partial charge in [0, 0.05) is 12.8 Å². The quantitative estimate of drug-likeness (QED) is 0.780. The van der Waals surface area contributed by atoms with E-state index in [1.165, 1.54) is 11.3 Å². The Hall–Kier alpha value is -1.36. The molecular formula is C15H13Cl2NO2S. The van der Waals surface area contributed by atoms with E-state index in [0.717, 1.165) is 5.56 Å². The van der Waals surface area contributed by atoms with Gasteiger partial charge in [0.2, 0.25) is 5.91 Å². The molecule has 2 aromatic rings. The summed E-state index contributed by atoms with van der Waals surface area (Å²) in [5.74, 6) is -0.325. The minimum Gasteiger partial charge on any atom is -0.325 e. The van der Waals surface area contributed by atoms with E-state index in [2.05, 4.69) is 5.32 Å². The van der Waals surface area contributed by atoms with Gasteiger partial charge in [-0.05, 0) is 36.8 Å². The third kappa shape index (κ3) is 4.56. The van der Waals surface area contributed by atoms with Crippen molar-refractivity contribution in [2.24, 2.45) is 0 Å². The highest BCUT2D eigenvalue weighted by atomic mass is 35.5. The van der Waals surface area contributed by atoms with Crippen LogP contribution in [0.5, 0.6) is 0 Å². The fourth-order valence-electron chi connectivity index (χ4n) is 1.75. The lowest BCUT2D eigenvalue weighted by atomic mass is 10.2. The Kier molecular flexibility index (Phi) is 5.39. The molecule has 110 valence electrons. The van der Waals surface area contributed by atoms with Gasteiger partial charge in [-0.25, -0.2) is 0 Å².